The lowest BCUT2D eigenvalue weighted by atomic mass is 9.62. The van der Waals surface area contributed by atoms with Gasteiger partial charge in [-0.1, -0.05) is 176 Å². The quantitative estimate of drug-likeness (QED) is 0.172. The molecule has 13 rings (SSSR count). The van der Waals surface area contributed by atoms with E-state index in [4.69, 9.17) is 15.0 Å². The standard InChI is InChI=1S/C60H37N5S/c1-2-20-46-38(13-1)28-30-53-56(46)66-55-26-8-7-25-52(55)60(53)51-24-6-5-23-49(51)47-21-3-4-22-48(47)50-29-27-43(35-54(50)60)59-64-57(41-16-9-14-39(33-41)44-18-11-31-61-36-44)63-58(65-59)42-17-10-15-40(34-42)45-19-12-32-62-37-45/h1-37H. The van der Waals surface area contributed by atoms with Gasteiger partial charge >= 0.3 is 0 Å². The van der Waals surface area contributed by atoms with Crippen LogP contribution in [0.15, 0.2) is 235 Å². The van der Waals surface area contributed by atoms with Crippen LogP contribution in [0, 0.1) is 0 Å². The SMILES string of the molecule is c1cncc(-c2cccc(-c3nc(-c4cccc(-c5cccnc5)c4)nc(-c4ccc5c(c4)C4(c6ccccc6Sc6c4ccc4ccccc64)c4ccccc4-c4ccccc4-5)n3)c2)c1. The third kappa shape index (κ3) is 6.06. The molecule has 0 radical (unpaired) electrons. The molecule has 11 aromatic rings. The fraction of sp³-hybridized carbons (Fsp3) is 0.0167. The van der Waals surface area contributed by atoms with Crippen molar-refractivity contribution in [2.24, 2.45) is 0 Å². The number of aromatic nitrogens is 5. The number of nitrogens with zero attached hydrogens (tertiary/aromatic N) is 5. The van der Waals surface area contributed by atoms with Crippen molar-refractivity contribution in [1.82, 2.24) is 24.9 Å². The van der Waals surface area contributed by atoms with Gasteiger partial charge in [0.15, 0.2) is 17.5 Å². The van der Waals surface area contributed by atoms with Gasteiger partial charge in [0, 0.05) is 62.4 Å². The van der Waals surface area contributed by atoms with Crippen LogP contribution < -0.4 is 0 Å². The van der Waals surface area contributed by atoms with Gasteiger partial charge in [-0.3, -0.25) is 9.97 Å². The Hall–Kier alpha value is -8.32. The molecule has 1 aliphatic carbocycles. The maximum atomic E-state index is 5.39. The molecule has 0 saturated heterocycles. The molecular formula is C60H37N5S. The molecular weight excluding hydrogens is 823 g/mol. The van der Waals surface area contributed by atoms with Gasteiger partial charge < -0.3 is 0 Å². The Balaban J connectivity index is 1.11. The summed E-state index contributed by atoms with van der Waals surface area (Å²) in [5, 5.41) is 2.47. The zero-order chi connectivity index (χ0) is 43.6. The second-order valence-electron chi connectivity index (χ2n) is 16.8. The van der Waals surface area contributed by atoms with E-state index in [-0.39, 0.29) is 0 Å². The summed E-state index contributed by atoms with van der Waals surface area (Å²) in [6.45, 7) is 0. The lowest BCUT2D eigenvalue weighted by Gasteiger charge is -2.43. The lowest BCUT2D eigenvalue weighted by molar-refractivity contribution is 0.711. The van der Waals surface area contributed by atoms with E-state index < -0.39 is 5.41 Å². The molecule has 1 atom stereocenters. The highest BCUT2D eigenvalue weighted by molar-refractivity contribution is 7.99. The number of hydrogen-bond acceptors (Lipinski definition) is 6. The van der Waals surface area contributed by atoms with Crippen LogP contribution >= 0.6 is 11.8 Å². The maximum Gasteiger partial charge on any atom is 0.164 e. The first-order chi connectivity index (χ1) is 32.7. The summed E-state index contributed by atoms with van der Waals surface area (Å²) >= 11 is 1.88. The second kappa shape index (κ2) is 15.4. The zero-order valence-electron chi connectivity index (χ0n) is 35.5. The summed E-state index contributed by atoms with van der Waals surface area (Å²) in [5.74, 6) is 1.77. The van der Waals surface area contributed by atoms with Crippen LogP contribution in [0.3, 0.4) is 0 Å². The predicted octanol–water partition coefficient (Wildman–Crippen LogP) is 14.6. The molecule has 1 unspecified atom stereocenters. The van der Waals surface area contributed by atoms with Crippen molar-refractivity contribution in [3.63, 3.8) is 0 Å². The number of benzene rings is 8. The van der Waals surface area contributed by atoms with Gasteiger partial charge in [-0.25, -0.2) is 15.0 Å². The fourth-order valence-corrected chi connectivity index (χ4v) is 11.6. The summed E-state index contributed by atoms with van der Waals surface area (Å²) in [5.41, 5.74) is 15.8. The van der Waals surface area contributed by atoms with E-state index >= 15 is 0 Å². The van der Waals surface area contributed by atoms with Gasteiger partial charge in [0.25, 0.3) is 0 Å². The zero-order valence-corrected chi connectivity index (χ0v) is 36.3. The first-order valence-corrected chi connectivity index (χ1v) is 22.9. The first kappa shape index (κ1) is 38.2. The molecule has 6 heteroatoms. The summed E-state index contributed by atoms with van der Waals surface area (Å²) < 4.78 is 0. The van der Waals surface area contributed by atoms with Crippen molar-refractivity contribution >= 4 is 22.5 Å². The number of pyridine rings is 2. The average molecular weight is 860 g/mol. The minimum atomic E-state index is -0.711. The molecule has 308 valence electrons. The Morgan fingerprint density at radius 2 is 0.864 bits per heavy atom. The third-order valence-corrected chi connectivity index (χ3v) is 14.4. The van der Waals surface area contributed by atoms with Gasteiger partial charge in [0.1, 0.15) is 0 Å². The maximum absolute atomic E-state index is 5.39. The molecule has 4 heterocycles. The lowest BCUT2D eigenvalue weighted by Crippen LogP contribution is -2.34. The Bertz CT molecular complexity index is 3600. The van der Waals surface area contributed by atoms with Gasteiger partial charge in [0.2, 0.25) is 0 Å². The van der Waals surface area contributed by atoms with E-state index in [0.717, 1.165) is 38.9 Å². The second-order valence-corrected chi connectivity index (χ2v) is 17.9. The molecule has 1 spiro atoms. The minimum absolute atomic E-state index is 0.587. The van der Waals surface area contributed by atoms with Crippen molar-refractivity contribution in [1.29, 1.82) is 0 Å². The summed E-state index contributed by atoms with van der Waals surface area (Å²) in [6.07, 6.45) is 7.37. The van der Waals surface area contributed by atoms with Gasteiger partial charge in [0.05, 0.1) is 5.41 Å². The van der Waals surface area contributed by atoms with Crippen LogP contribution in [0.4, 0.5) is 0 Å². The van der Waals surface area contributed by atoms with Gasteiger partial charge in [-0.2, -0.15) is 0 Å². The molecule has 66 heavy (non-hydrogen) atoms. The molecule has 8 aromatic carbocycles. The average Bonchev–Trinajstić information content (AvgIpc) is 3.50. The Morgan fingerprint density at radius 1 is 0.333 bits per heavy atom. The summed E-state index contributed by atoms with van der Waals surface area (Å²) in [4.78, 5) is 27.3. The van der Waals surface area contributed by atoms with E-state index in [1.807, 2.05) is 36.3 Å². The normalized spacial score (nSPS) is 14.4. The van der Waals surface area contributed by atoms with Crippen molar-refractivity contribution < 1.29 is 0 Å². The molecule has 0 bridgehead atoms. The smallest absolute Gasteiger partial charge is 0.164 e. The molecule has 5 nitrogen and oxygen atoms in total. The first-order valence-electron chi connectivity index (χ1n) is 22.1. The Kier molecular flexibility index (Phi) is 8.93. The van der Waals surface area contributed by atoms with Crippen LogP contribution in [0.1, 0.15) is 22.3 Å². The van der Waals surface area contributed by atoms with E-state index in [2.05, 4.69) is 198 Å². The fourth-order valence-electron chi connectivity index (χ4n) is 10.2. The highest BCUT2D eigenvalue weighted by Crippen LogP contribution is 2.62. The predicted molar refractivity (Wildman–Crippen MR) is 267 cm³/mol. The van der Waals surface area contributed by atoms with E-state index in [1.54, 1.807) is 12.4 Å². The summed E-state index contributed by atoms with van der Waals surface area (Å²) in [6, 6.07) is 72.1. The van der Waals surface area contributed by atoms with Gasteiger partial charge in [-0.15, -0.1) is 0 Å². The highest BCUT2D eigenvalue weighted by Gasteiger charge is 2.48. The molecule has 2 aliphatic rings. The van der Waals surface area contributed by atoms with E-state index in [9.17, 15) is 0 Å². The van der Waals surface area contributed by atoms with Crippen molar-refractivity contribution in [2.75, 3.05) is 0 Å². The van der Waals surface area contributed by atoms with Crippen molar-refractivity contribution in [3.8, 4) is 78.7 Å². The minimum Gasteiger partial charge on any atom is -0.264 e. The van der Waals surface area contributed by atoms with Crippen LogP contribution in [-0.4, -0.2) is 24.9 Å². The summed E-state index contributed by atoms with van der Waals surface area (Å²) in [7, 11) is 0. The molecule has 0 amide bonds. The van der Waals surface area contributed by atoms with Crippen molar-refractivity contribution in [2.45, 2.75) is 15.2 Å². The monoisotopic (exact) mass is 859 g/mol. The van der Waals surface area contributed by atoms with Crippen LogP contribution in [0.2, 0.25) is 0 Å². The largest absolute Gasteiger partial charge is 0.264 e. The molecule has 3 aromatic heterocycles. The van der Waals surface area contributed by atoms with Crippen LogP contribution in [0.25, 0.3) is 89.4 Å². The topological polar surface area (TPSA) is 64.5 Å². The number of hydrogen-bond donors (Lipinski definition) is 0. The molecule has 0 saturated carbocycles. The van der Waals surface area contributed by atoms with Crippen LogP contribution in [0.5, 0.6) is 0 Å². The number of rotatable bonds is 5. The molecule has 0 fully saturated rings. The Labute approximate surface area is 386 Å². The Morgan fingerprint density at radius 3 is 1.52 bits per heavy atom. The van der Waals surface area contributed by atoms with Gasteiger partial charge in [-0.05, 0) is 103 Å². The molecule has 1 aliphatic heterocycles. The molecule has 0 N–H and O–H groups in total. The van der Waals surface area contributed by atoms with E-state index in [1.165, 1.54) is 65.1 Å². The number of fused-ring (bicyclic) bond motifs is 13. The van der Waals surface area contributed by atoms with E-state index in [0.29, 0.717) is 17.5 Å². The van der Waals surface area contributed by atoms with Crippen molar-refractivity contribution in [3.05, 3.63) is 247 Å². The third-order valence-electron chi connectivity index (χ3n) is 13.2. The van der Waals surface area contributed by atoms with Crippen LogP contribution in [-0.2, 0) is 5.41 Å². The highest BCUT2D eigenvalue weighted by atomic mass is 32.2.